The van der Waals surface area contributed by atoms with Crippen molar-refractivity contribution >= 4 is 17.9 Å². The molecule has 0 unspecified atom stereocenters. The summed E-state index contributed by atoms with van der Waals surface area (Å²) in [6.07, 6.45) is 29.7. The Balaban J connectivity index is 0.00000106. The van der Waals surface area contributed by atoms with Gasteiger partial charge < -0.3 is 0 Å². The lowest BCUT2D eigenvalue weighted by Crippen LogP contribution is -2.02. The molecule has 0 spiro atoms. The summed E-state index contributed by atoms with van der Waals surface area (Å²) in [4.78, 5) is 9.31. The Bertz CT molecular complexity index is 1110. The maximum Gasteiger partial charge on any atom is 0.0814 e. The van der Waals surface area contributed by atoms with Crippen molar-refractivity contribution in [2.45, 2.75) is 66.3 Å². The molecule has 1 aromatic carbocycles. The van der Waals surface area contributed by atoms with Gasteiger partial charge in [-0.05, 0) is 75.6 Å². The van der Waals surface area contributed by atoms with Crippen LogP contribution in [0.1, 0.15) is 74.4 Å². The summed E-state index contributed by atoms with van der Waals surface area (Å²) in [7, 11) is 0. The van der Waals surface area contributed by atoms with Crippen LogP contribution in [0.25, 0.3) is 11.6 Å². The van der Waals surface area contributed by atoms with Gasteiger partial charge in [-0.1, -0.05) is 85.5 Å². The summed E-state index contributed by atoms with van der Waals surface area (Å²) < 4.78 is 0. The van der Waals surface area contributed by atoms with Gasteiger partial charge >= 0.3 is 0 Å². The van der Waals surface area contributed by atoms with Crippen LogP contribution in [-0.4, -0.2) is 11.2 Å². The number of hydrogen-bond donors (Lipinski definition) is 0. The minimum absolute atomic E-state index is 0.634. The highest BCUT2D eigenvalue weighted by atomic mass is 14.8. The summed E-state index contributed by atoms with van der Waals surface area (Å²) in [5, 5.41) is 0. The molecule has 200 valence electrons. The molecule has 2 aromatic rings. The van der Waals surface area contributed by atoms with Crippen molar-refractivity contribution in [2.24, 2.45) is 4.99 Å². The van der Waals surface area contributed by atoms with Crippen LogP contribution in [0.3, 0.4) is 0 Å². The second-order valence-corrected chi connectivity index (χ2v) is 8.36. The molecule has 0 radical (unpaired) electrons. The number of allylic oxidation sites excluding steroid dienone is 8. The lowest BCUT2D eigenvalue weighted by molar-refractivity contribution is 0.924. The van der Waals surface area contributed by atoms with Crippen molar-refractivity contribution in [1.82, 2.24) is 4.98 Å². The number of rotatable bonds is 5. The van der Waals surface area contributed by atoms with Gasteiger partial charge in [0.25, 0.3) is 0 Å². The number of aryl methyl sites for hydroxylation is 1. The number of nitrogens with zero attached hydrogens (tertiary/aromatic N) is 2. The predicted octanol–water partition coefficient (Wildman–Crippen LogP) is 9.94. The van der Waals surface area contributed by atoms with E-state index in [1.807, 2.05) is 44.5 Å². The number of terminal acetylenes is 1. The van der Waals surface area contributed by atoms with Gasteiger partial charge in [-0.15, -0.1) is 25.5 Å². The third kappa shape index (κ3) is 14.6. The van der Waals surface area contributed by atoms with E-state index in [0.717, 1.165) is 37.8 Å². The van der Waals surface area contributed by atoms with Gasteiger partial charge in [-0.25, -0.2) is 0 Å². The SMILES string of the molecule is C#CC.C=C/C=C\C.C=CC.C=CCCc1c(C)cnc2c1C=CCC/C(c1ccccc1)=C\CC=NC2. The van der Waals surface area contributed by atoms with Gasteiger partial charge in [0.05, 0.1) is 12.2 Å². The molecule has 3 rings (SSSR count). The quantitative estimate of drug-likeness (QED) is 0.225. The van der Waals surface area contributed by atoms with Gasteiger partial charge in [0, 0.05) is 24.4 Å². The molecule has 38 heavy (non-hydrogen) atoms. The van der Waals surface area contributed by atoms with Crippen LogP contribution in [0, 0.1) is 19.3 Å². The number of aromatic nitrogens is 1. The maximum atomic E-state index is 4.67. The van der Waals surface area contributed by atoms with Crippen molar-refractivity contribution in [1.29, 1.82) is 0 Å². The summed E-state index contributed by atoms with van der Waals surface area (Å²) in [6.45, 7) is 19.0. The maximum absolute atomic E-state index is 4.67. The molecule has 2 heterocycles. The third-order valence-electron chi connectivity index (χ3n) is 5.30. The van der Waals surface area contributed by atoms with E-state index in [-0.39, 0.29) is 0 Å². The van der Waals surface area contributed by atoms with Gasteiger partial charge in [-0.2, -0.15) is 0 Å². The molecule has 0 saturated carbocycles. The fourth-order valence-electron chi connectivity index (χ4n) is 3.62. The number of benzene rings is 1. The Morgan fingerprint density at radius 2 is 1.79 bits per heavy atom. The van der Waals surface area contributed by atoms with Crippen LogP contribution in [0.2, 0.25) is 0 Å². The summed E-state index contributed by atoms with van der Waals surface area (Å²) in [6, 6.07) is 10.7. The normalized spacial score (nSPS) is 13.5. The van der Waals surface area contributed by atoms with Crippen LogP contribution < -0.4 is 0 Å². The monoisotopic (exact) mass is 506 g/mol. The molecule has 0 N–H and O–H groups in total. The van der Waals surface area contributed by atoms with E-state index in [1.54, 1.807) is 19.1 Å². The van der Waals surface area contributed by atoms with Crippen molar-refractivity contribution in [3.8, 4) is 12.3 Å². The van der Waals surface area contributed by atoms with E-state index in [1.165, 1.54) is 27.8 Å². The van der Waals surface area contributed by atoms with Gasteiger partial charge in [0.15, 0.2) is 0 Å². The minimum atomic E-state index is 0.634. The zero-order chi connectivity index (χ0) is 28.4. The molecule has 2 nitrogen and oxygen atoms in total. The smallest absolute Gasteiger partial charge is 0.0814 e. The van der Waals surface area contributed by atoms with Crippen molar-refractivity contribution < 1.29 is 0 Å². The topological polar surface area (TPSA) is 25.2 Å². The molecule has 1 aliphatic heterocycles. The number of hydrogen-bond acceptors (Lipinski definition) is 2. The first-order valence-electron chi connectivity index (χ1n) is 13.2. The Hall–Kier alpha value is -3.96. The van der Waals surface area contributed by atoms with E-state index in [4.69, 9.17) is 0 Å². The Labute approximate surface area is 233 Å². The number of pyridine rings is 1. The van der Waals surface area contributed by atoms with Crippen LogP contribution in [0.4, 0.5) is 0 Å². The van der Waals surface area contributed by atoms with Crippen molar-refractivity contribution in [3.63, 3.8) is 0 Å². The molecule has 0 saturated heterocycles. The second-order valence-electron chi connectivity index (χ2n) is 8.36. The second kappa shape index (κ2) is 23.4. The van der Waals surface area contributed by atoms with E-state index >= 15 is 0 Å². The first kappa shape index (κ1) is 34.0. The minimum Gasteiger partial charge on any atom is -0.291 e. The van der Waals surface area contributed by atoms with E-state index < -0.39 is 0 Å². The zero-order valence-electron chi connectivity index (χ0n) is 24.0. The predicted molar refractivity (Wildman–Crippen MR) is 172 cm³/mol. The fourth-order valence-corrected chi connectivity index (χ4v) is 3.62. The molecule has 2 heteroatoms. The van der Waals surface area contributed by atoms with E-state index in [9.17, 15) is 0 Å². The highest BCUT2D eigenvalue weighted by molar-refractivity contribution is 5.71. The van der Waals surface area contributed by atoms with Gasteiger partial charge in [0.1, 0.15) is 0 Å². The average molecular weight is 507 g/mol. The van der Waals surface area contributed by atoms with Crippen LogP contribution >= 0.6 is 0 Å². The van der Waals surface area contributed by atoms with E-state index in [0.29, 0.717) is 6.54 Å². The number of aliphatic imine (C=N–C) groups is 1. The lowest BCUT2D eigenvalue weighted by Gasteiger charge is -2.13. The van der Waals surface area contributed by atoms with Crippen molar-refractivity contribution in [2.75, 3.05) is 0 Å². The summed E-state index contributed by atoms with van der Waals surface area (Å²) in [5.41, 5.74) is 7.64. The van der Waals surface area contributed by atoms with Gasteiger partial charge in [0.2, 0.25) is 0 Å². The standard InChI is InChI=1S/C25H28N2.C5H8.C3H6.C3H4/c1-3-4-15-23-20(2)18-27-25-19-26-17-10-14-22(13-8-9-16-24(23)25)21-11-6-5-7-12-21;1-3-5-4-2;2*1-3-2/h3,5-7,9,11-12,14,16-18H,1,4,8,10,13,15,19H2,2H3;3-5H,1H2,2H3;3H,1H2,2H3;1H,2H3/b16-9?,22-14+,26-17?;5-4-;;. The van der Waals surface area contributed by atoms with Crippen LogP contribution in [0.15, 0.2) is 104 Å². The molecule has 1 aromatic heterocycles. The molecule has 0 bridgehead atoms. The van der Waals surface area contributed by atoms with Gasteiger partial charge in [-0.3, -0.25) is 9.98 Å². The Morgan fingerprint density at radius 1 is 1.11 bits per heavy atom. The molecular weight excluding hydrogens is 460 g/mol. The highest BCUT2D eigenvalue weighted by Gasteiger charge is 2.10. The first-order chi connectivity index (χ1) is 18.5. The Kier molecular flexibility index (Phi) is 21.0. The first-order valence-corrected chi connectivity index (χ1v) is 13.2. The average Bonchev–Trinajstić information content (AvgIpc) is 2.91. The number of fused-ring (bicyclic) bond motifs is 1. The molecule has 0 aliphatic carbocycles. The Morgan fingerprint density at radius 3 is 2.37 bits per heavy atom. The fraction of sp³-hybridized carbons (Fsp3) is 0.278. The van der Waals surface area contributed by atoms with Crippen LogP contribution in [0.5, 0.6) is 0 Å². The zero-order valence-corrected chi connectivity index (χ0v) is 24.0. The lowest BCUT2D eigenvalue weighted by atomic mass is 9.95. The molecule has 0 fully saturated rings. The molecule has 1 aliphatic rings. The third-order valence-corrected chi connectivity index (χ3v) is 5.30. The molecule has 0 amide bonds. The summed E-state index contributed by atoms with van der Waals surface area (Å²) >= 11 is 0. The van der Waals surface area contributed by atoms with Crippen molar-refractivity contribution in [3.05, 3.63) is 127 Å². The van der Waals surface area contributed by atoms with Crippen LogP contribution in [-0.2, 0) is 13.0 Å². The highest BCUT2D eigenvalue weighted by Crippen LogP contribution is 2.24. The molecular formula is C36H46N2. The summed E-state index contributed by atoms with van der Waals surface area (Å²) in [5.74, 6) is 2.25. The largest absolute Gasteiger partial charge is 0.291 e. The van der Waals surface area contributed by atoms with E-state index in [2.05, 4.69) is 97.5 Å². The molecule has 0 atom stereocenters.